The lowest BCUT2D eigenvalue weighted by atomic mass is 10.0. The van der Waals surface area contributed by atoms with E-state index in [1.165, 1.54) is 12.1 Å². The van der Waals surface area contributed by atoms with Crippen molar-refractivity contribution in [2.45, 2.75) is 56.3 Å². The lowest BCUT2D eigenvalue weighted by Gasteiger charge is -2.25. The van der Waals surface area contributed by atoms with Crippen molar-refractivity contribution in [2.24, 2.45) is 22.2 Å². The molecular weight excluding hydrogens is 628 g/mol. The molecule has 4 rings (SSSR count). The van der Waals surface area contributed by atoms with Crippen LogP contribution < -0.4 is 33.2 Å². The number of aliphatic carboxylic acids is 1. The number of carbonyl (C=O) groups excluding carboxylic acids is 3. The SMILES string of the molecule is NC(N)=NCCCC(NC(=O)C(N)Cc1ccc(O)cc1)C(=O)NC(Cc1ccccc1)C(=O)NC(Cc1c[nH]c2ccccc12)C(=O)O. The molecule has 4 unspecified atom stereocenters. The number of benzene rings is 3. The van der Waals surface area contributed by atoms with E-state index >= 15 is 0 Å². The molecule has 0 bridgehead atoms. The number of hydrogen-bond acceptors (Lipinski definition) is 7. The fraction of sp³-hybridized carbons (Fsp3) is 0.286. The minimum atomic E-state index is -1.30. The maximum absolute atomic E-state index is 13.8. The number of nitrogens with one attached hydrogen (secondary N) is 4. The summed E-state index contributed by atoms with van der Waals surface area (Å²) in [7, 11) is 0. The number of rotatable bonds is 17. The summed E-state index contributed by atoms with van der Waals surface area (Å²) in [5, 5.41) is 28.5. The van der Waals surface area contributed by atoms with Gasteiger partial charge >= 0.3 is 5.97 Å². The summed E-state index contributed by atoms with van der Waals surface area (Å²) < 4.78 is 0. The Labute approximate surface area is 283 Å². The van der Waals surface area contributed by atoms with E-state index in [9.17, 15) is 29.4 Å². The van der Waals surface area contributed by atoms with Gasteiger partial charge in [-0.3, -0.25) is 19.4 Å². The highest BCUT2D eigenvalue weighted by molar-refractivity contribution is 5.94. The quantitative estimate of drug-likeness (QED) is 0.0437. The highest BCUT2D eigenvalue weighted by Crippen LogP contribution is 2.19. The largest absolute Gasteiger partial charge is 0.508 e. The van der Waals surface area contributed by atoms with E-state index < -0.39 is 47.9 Å². The van der Waals surface area contributed by atoms with Gasteiger partial charge in [0.2, 0.25) is 17.7 Å². The van der Waals surface area contributed by atoms with Gasteiger partial charge in [-0.1, -0.05) is 60.7 Å². The predicted molar refractivity (Wildman–Crippen MR) is 185 cm³/mol. The normalized spacial score (nSPS) is 13.4. The first-order valence-electron chi connectivity index (χ1n) is 15.8. The summed E-state index contributed by atoms with van der Waals surface area (Å²) in [5.41, 5.74) is 20.0. The molecule has 0 aliphatic carbocycles. The van der Waals surface area contributed by atoms with Crippen molar-refractivity contribution in [1.29, 1.82) is 0 Å². The third-order valence-corrected chi connectivity index (χ3v) is 7.94. The molecule has 14 nitrogen and oxygen atoms in total. The third kappa shape index (κ3) is 10.8. The van der Waals surface area contributed by atoms with Crippen molar-refractivity contribution in [3.8, 4) is 5.75 Å². The number of carbonyl (C=O) groups is 4. The van der Waals surface area contributed by atoms with Gasteiger partial charge in [-0.25, -0.2) is 4.79 Å². The van der Waals surface area contributed by atoms with E-state index in [4.69, 9.17) is 17.2 Å². The van der Waals surface area contributed by atoms with Crippen LogP contribution in [0.1, 0.15) is 29.5 Å². The highest BCUT2D eigenvalue weighted by Gasteiger charge is 2.31. The summed E-state index contributed by atoms with van der Waals surface area (Å²) in [4.78, 5) is 60.0. The van der Waals surface area contributed by atoms with Crippen molar-refractivity contribution < 1.29 is 29.4 Å². The Balaban J connectivity index is 1.52. The van der Waals surface area contributed by atoms with Gasteiger partial charge in [0.05, 0.1) is 6.04 Å². The minimum Gasteiger partial charge on any atom is -0.508 e. The summed E-state index contributed by atoms with van der Waals surface area (Å²) in [6.45, 7) is 0.184. The molecule has 0 aliphatic rings. The van der Waals surface area contributed by atoms with Crippen LogP contribution in [0.25, 0.3) is 10.9 Å². The zero-order valence-corrected chi connectivity index (χ0v) is 26.8. The fourth-order valence-corrected chi connectivity index (χ4v) is 5.35. The van der Waals surface area contributed by atoms with Crippen LogP contribution in [0.2, 0.25) is 0 Å². The number of phenols is 1. The second-order valence-electron chi connectivity index (χ2n) is 11.7. The van der Waals surface area contributed by atoms with E-state index in [2.05, 4.69) is 25.9 Å². The number of para-hydroxylation sites is 1. The van der Waals surface area contributed by atoms with Crippen molar-refractivity contribution in [2.75, 3.05) is 6.54 Å². The zero-order chi connectivity index (χ0) is 35.3. The summed E-state index contributed by atoms with van der Waals surface area (Å²) in [5.74, 6) is -3.28. The van der Waals surface area contributed by atoms with Crippen LogP contribution in [-0.4, -0.2) is 75.6 Å². The molecule has 258 valence electrons. The second kappa shape index (κ2) is 17.3. The Kier molecular flexibility index (Phi) is 12.7. The van der Waals surface area contributed by atoms with Crippen molar-refractivity contribution in [3.63, 3.8) is 0 Å². The maximum Gasteiger partial charge on any atom is 0.326 e. The van der Waals surface area contributed by atoms with Crippen LogP contribution in [-0.2, 0) is 38.4 Å². The molecule has 0 saturated heterocycles. The number of nitrogens with zero attached hydrogens (tertiary/aromatic N) is 1. The van der Waals surface area contributed by atoms with Gasteiger partial charge < -0.3 is 48.3 Å². The number of aromatic nitrogens is 1. The number of aliphatic imine (C=N–C) groups is 1. The number of carboxylic acid groups (broad SMARTS) is 1. The van der Waals surface area contributed by atoms with E-state index in [0.29, 0.717) is 17.5 Å². The molecule has 0 radical (unpaired) electrons. The number of aromatic amines is 1. The summed E-state index contributed by atoms with van der Waals surface area (Å²) in [6.07, 6.45) is 2.31. The molecule has 49 heavy (non-hydrogen) atoms. The number of nitrogens with two attached hydrogens (primary N) is 3. The molecule has 4 aromatic rings. The monoisotopic (exact) mass is 670 g/mol. The van der Waals surface area contributed by atoms with E-state index in [-0.39, 0.29) is 43.9 Å². The van der Waals surface area contributed by atoms with Crippen molar-refractivity contribution >= 4 is 40.6 Å². The molecule has 12 N–H and O–H groups in total. The second-order valence-corrected chi connectivity index (χ2v) is 11.7. The Bertz CT molecular complexity index is 1750. The van der Waals surface area contributed by atoms with Crippen LogP contribution in [0.5, 0.6) is 5.75 Å². The smallest absolute Gasteiger partial charge is 0.326 e. The minimum absolute atomic E-state index is 0.000512. The molecule has 14 heteroatoms. The molecule has 4 atom stereocenters. The molecule has 0 fully saturated rings. The topological polar surface area (TPSA) is 251 Å². The molecule has 3 aromatic carbocycles. The first-order valence-corrected chi connectivity index (χ1v) is 15.8. The third-order valence-electron chi connectivity index (χ3n) is 7.94. The van der Waals surface area contributed by atoms with E-state index in [1.807, 2.05) is 30.3 Å². The van der Waals surface area contributed by atoms with Gasteiger partial charge in [0.25, 0.3) is 0 Å². The lowest BCUT2D eigenvalue weighted by molar-refractivity contribution is -0.142. The highest BCUT2D eigenvalue weighted by atomic mass is 16.4. The van der Waals surface area contributed by atoms with Gasteiger partial charge in [0.15, 0.2) is 5.96 Å². The van der Waals surface area contributed by atoms with E-state index in [1.54, 1.807) is 42.6 Å². The number of carboxylic acids is 1. The number of hydrogen-bond donors (Lipinski definition) is 9. The average Bonchev–Trinajstić information content (AvgIpc) is 3.49. The number of fused-ring (bicyclic) bond motifs is 1. The molecule has 0 saturated carbocycles. The Morgan fingerprint density at radius 3 is 2.04 bits per heavy atom. The molecule has 0 spiro atoms. The van der Waals surface area contributed by atoms with Crippen LogP contribution >= 0.6 is 0 Å². The molecule has 0 aliphatic heterocycles. The zero-order valence-electron chi connectivity index (χ0n) is 26.8. The van der Waals surface area contributed by atoms with Crippen molar-refractivity contribution in [1.82, 2.24) is 20.9 Å². The number of phenolic OH excluding ortho intramolecular Hbond substituents is 1. The summed E-state index contributed by atoms with van der Waals surface area (Å²) >= 11 is 0. The number of amides is 3. The first kappa shape index (κ1) is 36.0. The molecule has 3 amide bonds. The molecule has 1 heterocycles. The number of guanidine groups is 1. The lowest BCUT2D eigenvalue weighted by Crippen LogP contribution is -2.58. The summed E-state index contributed by atoms with van der Waals surface area (Å²) in [6, 6.07) is 18.0. The van der Waals surface area contributed by atoms with Gasteiger partial charge in [0.1, 0.15) is 23.9 Å². The van der Waals surface area contributed by atoms with Crippen LogP contribution in [0.4, 0.5) is 0 Å². The Hall–Kier alpha value is -5.89. The van der Waals surface area contributed by atoms with Gasteiger partial charge in [0, 0.05) is 36.5 Å². The van der Waals surface area contributed by atoms with Crippen LogP contribution in [0.15, 0.2) is 90.1 Å². The number of aromatic hydroxyl groups is 1. The molecular formula is C35H42N8O6. The standard InChI is InChI=1S/C35H42N8O6/c36-26(17-22-12-14-24(44)15-13-22)31(45)41-28(11-6-16-39-35(37)38)32(46)42-29(18-21-7-2-1-3-8-21)33(47)43-30(34(48)49)19-23-20-40-27-10-5-4-9-25(23)27/h1-5,7-10,12-15,20,26,28-30,40,44H,6,11,16-19,36H2,(H,41,45)(H,42,46)(H,43,47)(H,48,49)(H4,37,38,39). The van der Waals surface area contributed by atoms with Gasteiger partial charge in [-0.05, 0) is 54.2 Å². The Morgan fingerprint density at radius 2 is 1.35 bits per heavy atom. The van der Waals surface area contributed by atoms with Crippen molar-refractivity contribution in [3.05, 3.63) is 102 Å². The van der Waals surface area contributed by atoms with E-state index in [0.717, 1.165) is 16.5 Å². The first-order chi connectivity index (χ1) is 23.5. The van der Waals surface area contributed by atoms with Crippen LogP contribution in [0, 0.1) is 0 Å². The van der Waals surface area contributed by atoms with Crippen LogP contribution in [0.3, 0.4) is 0 Å². The predicted octanol–water partition coefficient (Wildman–Crippen LogP) is 0.821. The van der Waals surface area contributed by atoms with Gasteiger partial charge in [-0.2, -0.15) is 0 Å². The number of H-pyrrole nitrogens is 1. The Morgan fingerprint density at radius 1 is 0.735 bits per heavy atom. The fourth-order valence-electron chi connectivity index (χ4n) is 5.35. The van der Waals surface area contributed by atoms with Gasteiger partial charge in [-0.15, -0.1) is 0 Å². The average molecular weight is 671 g/mol. The maximum atomic E-state index is 13.8. The molecule has 1 aromatic heterocycles.